The van der Waals surface area contributed by atoms with E-state index in [9.17, 15) is 9.59 Å². The number of carboxylic acid groups (broad SMARTS) is 1. The summed E-state index contributed by atoms with van der Waals surface area (Å²) in [5, 5.41) is 15.2. The van der Waals surface area contributed by atoms with Crippen molar-refractivity contribution in [2.75, 3.05) is 0 Å². The molecular formula is C32H30N4O4. The summed E-state index contributed by atoms with van der Waals surface area (Å²) in [7, 11) is 0. The molecule has 202 valence electrons. The lowest BCUT2D eigenvalue weighted by Crippen LogP contribution is -2.27. The van der Waals surface area contributed by atoms with Gasteiger partial charge < -0.3 is 9.84 Å². The van der Waals surface area contributed by atoms with Crippen molar-refractivity contribution in [1.29, 1.82) is 0 Å². The zero-order valence-electron chi connectivity index (χ0n) is 22.1. The molecule has 1 amide bonds. The van der Waals surface area contributed by atoms with E-state index < -0.39 is 5.97 Å². The monoisotopic (exact) mass is 534 g/mol. The maximum Gasteiger partial charge on any atom is 0.303 e. The van der Waals surface area contributed by atoms with Crippen LogP contribution in [0, 0.1) is 0 Å². The van der Waals surface area contributed by atoms with Crippen molar-refractivity contribution in [3.8, 4) is 16.9 Å². The summed E-state index contributed by atoms with van der Waals surface area (Å²) in [6.45, 7) is 0. The van der Waals surface area contributed by atoms with Gasteiger partial charge in [0.2, 0.25) is 5.91 Å². The topological polar surface area (TPSA) is 105 Å². The SMILES string of the molecule is O=C(O)CCC(=O)N1N=C(c2ccc(-c3ccc(OC4CCCC4)cc3)cc2)CC1c1ccc2nccnc2c1. The van der Waals surface area contributed by atoms with Crippen LogP contribution in [0.25, 0.3) is 22.2 Å². The highest BCUT2D eigenvalue weighted by atomic mass is 16.5. The van der Waals surface area contributed by atoms with Crippen LogP contribution in [0.3, 0.4) is 0 Å². The summed E-state index contributed by atoms with van der Waals surface area (Å²) in [5.74, 6) is -0.424. The molecule has 40 heavy (non-hydrogen) atoms. The number of hydrogen-bond acceptors (Lipinski definition) is 6. The minimum Gasteiger partial charge on any atom is -0.490 e. The van der Waals surface area contributed by atoms with Gasteiger partial charge in [-0.05, 0) is 72.2 Å². The van der Waals surface area contributed by atoms with E-state index in [-0.39, 0.29) is 24.8 Å². The maximum atomic E-state index is 13.1. The Morgan fingerprint density at radius 3 is 2.17 bits per heavy atom. The Morgan fingerprint density at radius 1 is 0.825 bits per heavy atom. The average molecular weight is 535 g/mol. The number of carbonyl (C=O) groups is 2. The van der Waals surface area contributed by atoms with Crippen molar-refractivity contribution in [1.82, 2.24) is 15.0 Å². The first-order valence-electron chi connectivity index (χ1n) is 13.7. The standard InChI is InChI=1S/C32H30N4O4/c37-31(15-16-32(38)39)36-30(24-11-14-27-29(19-24)34-18-17-33-27)20-28(35-36)23-7-5-21(6-8-23)22-9-12-26(13-10-22)40-25-3-1-2-4-25/h5-14,17-19,25,30H,1-4,15-16,20H2,(H,38,39). The molecule has 8 heteroatoms. The van der Waals surface area contributed by atoms with Crippen LogP contribution >= 0.6 is 0 Å². The third kappa shape index (κ3) is 5.57. The third-order valence-electron chi connectivity index (χ3n) is 7.61. The second-order valence-electron chi connectivity index (χ2n) is 10.3. The van der Waals surface area contributed by atoms with Crippen molar-refractivity contribution in [3.63, 3.8) is 0 Å². The van der Waals surface area contributed by atoms with Gasteiger partial charge in [-0.2, -0.15) is 5.10 Å². The fraction of sp³-hybridized carbons (Fsp3) is 0.281. The number of aliphatic carboxylic acids is 1. The van der Waals surface area contributed by atoms with E-state index in [0.29, 0.717) is 12.5 Å². The molecule has 1 atom stereocenters. The number of aromatic nitrogens is 2. The number of amides is 1. The quantitative estimate of drug-likeness (QED) is 0.290. The second kappa shape index (κ2) is 11.3. The van der Waals surface area contributed by atoms with Gasteiger partial charge >= 0.3 is 5.97 Å². The Balaban J connectivity index is 1.22. The van der Waals surface area contributed by atoms with Crippen LogP contribution < -0.4 is 4.74 Å². The zero-order valence-corrected chi connectivity index (χ0v) is 22.1. The van der Waals surface area contributed by atoms with Crippen molar-refractivity contribution >= 4 is 28.6 Å². The normalized spacial score (nSPS) is 17.2. The van der Waals surface area contributed by atoms with E-state index in [4.69, 9.17) is 14.9 Å². The average Bonchev–Trinajstić information content (AvgIpc) is 3.67. The van der Waals surface area contributed by atoms with Crippen molar-refractivity contribution in [3.05, 3.63) is 90.3 Å². The third-order valence-corrected chi connectivity index (χ3v) is 7.61. The zero-order chi connectivity index (χ0) is 27.5. The van der Waals surface area contributed by atoms with E-state index in [1.165, 1.54) is 17.9 Å². The minimum atomic E-state index is -1.01. The maximum absolute atomic E-state index is 13.1. The molecule has 0 spiro atoms. The van der Waals surface area contributed by atoms with E-state index >= 15 is 0 Å². The van der Waals surface area contributed by atoms with Crippen LogP contribution in [0.4, 0.5) is 0 Å². The summed E-state index contributed by atoms with van der Waals surface area (Å²) in [6.07, 6.45) is 8.51. The van der Waals surface area contributed by atoms with Gasteiger partial charge in [-0.3, -0.25) is 19.6 Å². The van der Waals surface area contributed by atoms with Crippen LogP contribution in [0.5, 0.6) is 5.75 Å². The van der Waals surface area contributed by atoms with E-state index in [1.807, 2.05) is 42.5 Å². The largest absolute Gasteiger partial charge is 0.490 e. The predicted molar refractivity (Wildman–Crippen MR) is 152 cm³/mol. The number of hydrogen-bond donors (Lipinski definition) is 1. The van der Waals surface area contributed by atoms with Crippen molar-refractivity contribution in [2.24, 2.45) is 5.10 Å². The molecule has 6 rings (SSSR count). The number of carboxylic acids is 1. The highest BCUT2D eigenvalue weighted by Crippen LogP contribution is 2.35. The smallest absolute Gasteiger partial charge is 0.303 e. The molecule has 1 aromatic heterocycles. The van der Waals surface area contributed by atoms with Crippen LogP contribution in [0.15, 0.2) is 84.2 Å². The van der Waals surface area contributed by atoms with E-state index in [0.717, 1.165) is 57.6 Å². The Bertz CT molecular complexity index is 1560. The Hall–Kier alpha value is -4.59. The first-order chi connectivity index (χ1) is 19.5. The molecule has 0 bridgehead atoms. The van der Waals surface area contributed by atoms with Gasteiger partial charge in [0.05, 0.1) is 35.3 Å². The summed E-state index contributed by atoms with van der Waals surface area (Å²) >= 11 is 0. The van der Waals surface area contributed by atoms with E-state index in [2.05, 4.69) is 34.2 Å². The molecule has 2 heterocycles. The molecule has 1 unspecified atom stereocenters. The number of rotatable bonds is 8. The lowest BCUT2D eigenvalue weighted by molar-refractivity contribution is -0.141. The fourth-order valence-electron chi connectivity index (χ4n) is 5.47. The Labute approximate surface area is 232 Å². The number of carbonyl (C=O) groups excluding carboxylic acids is 1. The molecule has 1 aliphatic heterocycles. The second-order valence-corrected chi connectivity index (χ2v) is 10.3. The first kappa shape index (κ1) is 25.7. The summed E-state index contributed by atoms with van der Waals surface area (Å²) < 4.78 is 6.09. The number of benzene rings is 3. The van der Waals surface area contributed by atoms with Crippen LogP contribution in [-0.4, -0.2) is 43.8 Å². The number of ether oxygens (including phenoxy) is 1. The lowest BCUT2D eigenvalue weighted by atomic mass is 9.96. The number of nitrogens with zero attached hydrogens (tertiary/aromatic N) is 4. The lowest BCUT2D eigenvalue weighted by Gasteiger charge is -2.22. The molecule has 1 N–H and O–H groups in total. The molecule has 2 aliphatic rings. The summed E-state index contributed by atoms with van der Waals surface area (Å²) in [5.41, 5.74) is 6.25. The van der Waals surface area contributed by atoms with Crippen LogP contribution in [0.1, 0.15) is 62.1 Å². The molecule has 1 aliphatic carbocycles. The van der Waals surface area contributed by atoms with Gasteiger partial charge in [0.25, 0.3) is 0 Å². The fourth-order valence-corrected chi connectivity index (χ4v) is 5.47. The van der Waals surface area contributed by atoms with Crippen molar-refractivity contribution < 1.29 is 19.4 Å². The molecule has 1 fully saturated rings. The predicted octanol–water partition coefficient (Wildman–Crippen LogP) is 6.16. The Morgan fingerprint density at radius 2 is 1.48 bits per heavy atom. The van der Waals surface area contributed by atoms with Gasteiger partial charge in [-0.1, -0.05) is 42.5 Å². The summed E-state index contributed by atoms with van der Waals surface area (Å²) in [6, 6.07) is 21.7. The molecule has 3 aromatic carbocycles. The molecular weight excluding hydrogens is 504 g/mol. The Kier molecular flexibility index (Phi) is 7.23. The van der Waals surface area contributed by atoms with Crippen molar-refractivity contribution in [2.45, 2.75) is 57.1 Å². The minimum absolute atomic E-state index is 0.116. The molecule has 4 aromatic rings. The van der Waals surface area contributed by atoms with Gasteiger partial charge in [-0.25, -0.2) is 5.01 Å². The number of fused-ring (bicyclic) bond motifs is 1. The van der Waals surface area contributed by atoms with Gasteiger partial charge in [0.1, 0.15) is 5.75 Å². The number of hydrazone groups is 1. The summed E-state index contributed by atoms with van der Waals surface area (Å²) in [4.78, 5) is 32.9. The van der Waals surface area contributed by atoms with E-state index in [1.54, 1.807) is 12.4 Å². The van der Waals surface area contributed by atoms with Gasteiger partial charge in [0.15, 0.2) is 0 Å². The van der Waals surface area contributed by atoms with Crippen LogP contribution in [-0.2, 0) is 9.59 Å². The van der Waals surface area contributed by atoms with Crippen LogP contribution in [0.2, 0.25) is 0 Å². The first-order valence-corrected chi connectivity index (χ1v) is 13.7. The highest BCUT2D eigenvalue weighted by Gasteiger charge is 2.33. The molecule has 0 radical (unpaired) electrons. The van der Waals surface area contributed by atoms with Gasteiger partial charge in [-0.15, -0.1) is 0 Å². The molecule has 0 saturated heterocycles. The highest BCUT2D eigenvalue weighted by molar-refractivity contribution is 6.03. The van der Waals surface area contributed by atoms with Gasteiger partial charge in [0, 0.05) is 25.2 Å². The molecule has 8 nitrogen and oxygen atoms in total. The molecule has 1 saturated carbocycles.